The summed E-state index contributed by atoms with van der Waals surface area (Å²) in [4.78, 5) is 23.9. The highest BCUT2D eigenvalue weighted by Crippen LogP contribution is 2.23. The Labute approximate surface area is 148 Å². The smallest absolute Gasteiger partial charge is 0.263 e. The van der Waals surface area contributed by atoms with Gasteiger partial charge in [-0.1, -0.05) is 30.3 Å². The van der Waals surface area contributed by atoms with Crippen molar-refractivity contribution in [3.8, 4) is 5.75 Å². The predicted molar refractivity (Wildman–Crippen MR) is 94.0 cm³/mol. The molecule has 126 valence electrons. The summed E-state index contributed by atoms with van der Waals surface area (Å²) in [5.74, 6) is -1.03. The van der Waals surface area contributed by atoms with Gasteiger partial charge in [0.15, 0.2) is 5.11 Å². The van der Waals surface area contributed by atoms with Crippen molar-refractivity contribution >= 4 is 35.2 Å². The summed E-state index contributed by atoms with van der Waals surface area (Å²) in [6.07, 6.45) is 1.42. The lowest BCUT2D eigenvalue weighted by Crippen LogP contribution is -2.51. The molecule has 3 rings (SSSR count). The molecule has 1 fully saturated rings. The molecule has 2 N–H and O–H groups in total. The third kappa shape index (κ3) is 4.07. The van der Waals surface area contributed by atoms with Crippen LogP contribution in [0.1, 0.15) is 11.1 Å². The van der Waals surface area contributed by atoms with Crippen LogP contribution in [-0.4, -0.2) is 16.9 Å². The molecular weight excluding hydrogens is 343 g/mol. The van der Waals surface area contributed by atoms with E-state index in [1.807, 2.05) is 0 Å². The molecule has 0 saturated carbocycles. The van der Waals surface area contributed by atoms with E-state index in [9.17, 15) is 14.0 Å². The van der Waals surface area contributed by atoms with Gasteiger partial charge in [0.2, 0.25) is 0 Å². The minimum atomic E-state index is -0.575. The Morgan fingerprint density at radius 3 is 2.48 bits per heavy atom. The molecule has 0 unspecified atom stereocenters. The van der Waals surface area contributed by atoms with Crippen molar-refractivity contribution in [3.63, 3.8) is 0 Å². The number of rotatable bonds is 4. The van der Waals surface area contributed by atoms with Gasteiger partial charge in [-0.05, 0) is 42.1 Å². The van der Waals surface area contributed by atoms with Crippen LogP contribution in [-0.2, 0) is 16.2 Å². The van der Waals surface area contributed by atoms with Crippen molar-refractivity contribution in [2.24, 2.45) is 0 Å². The molecule has 0 atom stereocenters. The topological polar surface area (TPSA) is 67.4 Å². The average Bonchev–Trinajstić information content (AvgIpc) is 2.57. The number of thiocarbonyl (C=S) groups is 1. The van der Waals surface area contributed by atoms with E-state index < -0.39 is 11.8 Å². The first-order valence-corrected chi connectivity index (χ1v) is 7.78. The minimum Gasteiger partial charge on any atom is -0.488 e. The first kappa shape index (κ1) is 16.8. The maximum Gasteiger partial charge on any atom is 0.263 e. The fourth-order valence-electron chi connectivity index (χ4n) is 2.28. The molecular formula is C18H13FN2O3S. The Morgan fingerprint density at radius 2 is 1.76 bits per heavy atom. The molecule has 1 saturated heterocycles. The van der Waals surface area contributed by atoms with Crippen LogP contribution in [0.25, 0.3) is 6.08 Å². The Kier molecular flexibility index (Phi) is 4.85. The Morgan fingerprint density at radius 1 is 1.04 bits per heavy atom. The Bertz CT molecular complexity index is 873. The van der Waals surface area contributed by atoms with E-state index in [-0.39, 0.29) is 23.1 Å². The normalized spacial score (nSPS) is 14.0. The van der Waals surface area contributed by atoms with Gasteiger partial charge in [-0.15, -0.1) is 0 Å². The molecule has 5 nitrogen and oxygen atoms in total. The maximum atomic E-state index is 13.2. The SMILES string of the molecule is O=C1NC(=S)NC(=O)C1=Cc1ccccc1OCc1cccc(F)c1. The van der Waals surface area contributed by atoms with Gasteiger partial charge in [0.25, 0.3) is 11.8 Å². The van der Waals surface area contributed by atoms with E-state index in [1.54, 1.807) is 36.4 Å². The number of hydrogen-bond donors (Lipinski definition) is 2. The van der Waals surface area contributed by atoms with E-state index in [0.717, 1.165) is 0 Å². The second-order valence-corrected chi connectivity index (χ2v) is 5.66. The maximum absolute atomic E-state index is 13.2. The van der Waals surface area contributed by atoms with Crippen LogP contribution in [0.3, 0.4) is 0 Å². The minimum absolute atomic E-state index is 0.0252. The number of ether oxygens (including phenoxy) is 1. The van der Waals surface area contributed by atoms with Gasteiger partial charge in [-0.3, -0.25) is 20.2 Å². The van der Waals surface area contributed by atoms with Crippen LogP contribution in [0.5, 0.6) is 5.75 Å². The molecule has 1 heterocycles. The molecule has 2 aromatic rings. The molecule has 0 aliphatic carbocycles. The summed E-state index contributed by atoms with van der Waals surface area (Å²) in [6, 6.07) is 13.0. The van der Waals surface area contributed by atoms with Gasteiger partial charge in [0.05, 0.1) is 0 Å². The van der Waals surface area contributed by atoms with Crippen LogP contribution in [0.15, 0.2) is 54.1 Å². The van der Waals surface area contributed by atoms with Crippen molar-refractivity contribution in [2.75, 3.05) is 0 Å². The first-order chi connectivity index (χ1) is 12.0. The fourth-order valence-corrected chi connectivity index (χ4v) is 2.47. The van der Waals surface area contributed by atoms with Crippen molar-refractivity contribution in [3.05, 3.63) is 71.0 Å². The molecule has 0 aromatic heterocycles. The molecule has 1 aliphatic rings. The molecule has 0 radical (unpaired) electrons. The molecule has 2 aromatic carbocycles. The second-order valence-electron chi connectivity index (χ2n) is 5.25. The number of carbonyl (C=O) groups excluding carboxylic acids is 2. The Balaban J connectivity index is 1.83. The van der Waals surface area contributed by atoms with Crippen molar-refractivity contribution in [1.29, 1.82) is 0 Å². The van der Waals surface area contributed by atoms with E-state index >= 15 is 0 Å². The summed E-state index contributed by atoms with van der Waals surface area (Å²) in [6.45, 7) is 0.153. The van der Waals surface area contributed by atoms with E-state index in [1.165, 1.54) is 18.2 Å². The zero-order chi connectivity index (χ0) is 17.8. The van der Waals surface area contributed by atoms with Gasteiger partial charge >= 0.3 is 0 Å². The highest BCUT2D eigenvalue weighted by Gasteiger charge is 2.26. The van der Waals surface area contributed by atoms with Crippen LogP contribution >= 0.6 is 12.2 Å². The van der Waals surface area contributed by atoms with E-state index in [4.69, 9.17) is 17.0 Å². The number of nitrogens with one attached hydrogen (secondary N) is 2. The zero-order valence-corrected chi connectivity index (χ0v) is 13.7. The summed E-state index contributed by atoms with van der Waals surface area (Å²) in [5, 5.41) is 4.72. The number of hydrogen-bond acceptors (Lipinski definition) is 4. The largest absolute Gasteiger partial charge is 0.488 e. The van der Waals surface area contributed by atoms with Crippen molar-refractivity contribution < 1.29 is 18.7 Å². The lowest BCUT2D eigenvalue weighted by Gasteiger charge is -2.17. The quantitative estimate of drug-likeness (QED) is 0.501. The second kappa shape index (κ2) is 7.23. The highest BCUT2D eigenvalue weighted by molar-refractivity contribution is 7.80. The molecule has 1 aliphatic heterocycles. The predicted octanol–water partition coefficient (Wildman–Crippen LogP) is 2.32. The molecule has 7 heteroatoms. The third-order valence-electron chi connectivity index (χ3n) is 3.45. The summed E-state index contributed by atoms with van der Waals surface area (Å²) in [5.41, 5.74) is 1.14. The lowest BCUT2D eigenvalue weighted by atomic mass is 10.1. The van der Waals surface area contributed by atoms with Crippen LogP contribution in [0.4, 0.5) is 4.39 Å². The van der Waals surface area contributed by atoms with Crippen LogP contribution < -0.4 is 15.4 Å². The highest BCUT2D eigenvalue weighted by atomic mass is 32.1. The van der Waals surface area contributed by atoms with Crippen molar-refractivity contribution in [1.82, 2.24) is 10.6 Å². The molecule has 2 amide bonds. The van der Waals surface area contributed by atoms with E-state index in [2.05, 4.69) is 10.6 Å². The number of para-hydroxylation sites is 1. The molecule has 25 heavy (non-hydrogen) atoms. The van der Waals surface area contributed by atoms with Crippen molar-refractivity contribution in [2.45, 2.75) is 6.61 Å². The third-order valence-corrected chi connectivity index (χ3v) is 3.65. The van der Waals surface area contributed by atoms with Gasteiger partial charge in [-0.25, -0.2) is 4.39 Å². The van der Waals surface area contributed by atoms with Gasteiger partial charge in [-0.2, -0.15) is 0 Å². The number of carbonyl (C=O) groups is 2. The van der Waals surface area contributed by atoms with Gasteiger partial charge in [0.1, 0.15) is 23.7 Å². The van der Waals surface area contributed by atoms with E-state index in [0.29, 0.717) is 16.9 Å². The molecule has 0 spiro atoms. The summed E-state index contributed by atoms with van der Waals surface area (Å²) in [7, 11) is 0. The monoisotopic (exact) mass is 356 g/mol. The molecule has 0 bridgehead atoms. The van der Waals surface area contributed by atoms with Crippen LogP contribution in [0, 0.1) is 5.82 Å². The van der Waals surface area contributed by atoms with Crippen LogP contribution in [0.2, 0.25) is 0 Å². The fraction of sp³-hybridized carbons (Fsp3) is 0.0556. The summed E-state index contributed by atoms with van der Waals surface area (Å²) < 4.78 is 18.9. The van der Waals surface area contributed by atoms with Gasteiger partial charge < -0.3 is 4.74 Å². The number of benzene rings is 2. The number of halogens is 1. The average molecular weight is 356 g/mol. The zero-order valence-electron chi connectivity index (χ0n) is 12.9. The van der Waals surface area contributed by atoms with Gasteiger partial charge in [0, 0.05) is 5.56 Å². The first-order valence-electron chi connectivity index (χ1n) is 7.37. The summed E-state index contributed by atoms with van der Waals surface area (Å²) >= 11 is 4.76. The number of amides is 2. The standard InChI is InChI=1S/C18H13FN2O3S/c19-13-6-3-4-11(8-13)10-24-15-7-2-1-5-12(15)9-14-16(22)20-18(25)21-17(14)23/h1-9H,10H2,(H2,20,21,22,23,25). The Hall–Kier alpha value is -3.06. The lowest BCUT2D eigenvalue weighted by molar-refractivity contribution is -0.123.